The number of nitrogens with two attached hydrogens (primary N) is 1. The minimum atomic E-state index is -4.67. The normalized spacial score (nSPS) is 12.3. The van der Waals surface area contributed by atoms with Crippen LogP contribution in [-0.2, 0) is 17.5 Å². The number of benzene rings is 1. The first-order valence-corrected chi connectivity index (χ1v) is 6.47. The Morgan fingerprint density at radius 2 is 2.00 bits per heavy atom. The van der Waals surface area contributed by atoms with Crippen molar-refractivity contribution in [1.82, 2.24) is 15.5 Å². The van der Waals surface area contributed by atoms with E-state index in [-0.39, 0.29) is 5.82 Å². The third kappa shape index (κ3) is 4.56. The van der Waals surface area contributed by atoms with E-state index in [2.05, 4.69) is 20.0 Å². The maximum Gasteiger partial charge on any atom is 0.471 e. The number of primary amides is 1. The van der Waals surface area contributed by atoms with Crippen LogP contribution in [0.15, 0.2) is 40.6 Å². The number of hydrogen-bond donors (Lipinski definition) is 2. The van der Waals surface area contributed by atoms with Crippen molar-refractivity contribution in [1.29, 1.82) is 0 Å². The number of carbonyl (C=O) groups excluding carboxylic acids is 1. The fourth-order valence-corrected chi connectivity index (χ4v) is 1.73. The maximum atomic E-state index is 12.4. The molecule has 2 rings (SSSR count). The van der Waals surface area contributed by atoms with Gasteiger partial charge in [0.25, 0.3) is 0 Å². The van der Waals surface area contributed by atoms with Crippen LogP contribution in [0.25, 0.3) is 11.4 Å². The van der Waals surface area contributed by atoms with Crippen LogP contribution in [0.4, 0.5) is 13.2 Å². The van der Waals surface area contributed by atoms with Crippen molar-refractivity contribution in [2.45, 2.75) is 19.6 Å². The van der Waals surface area contributed by atoms with Crippen molar-refractivity contribution in [3.05, 3.63) is 47.5 Å². The molecule has 0 aliphatic carbocycles. The molecule has 9 heteroatoms. The molecule has 0 saturated heterocycles. The number of amides is 1. The Labute approximate surface area is 129 Å². The summed E-state index contributed by atoms with van der Waals surface area (Å²) in [5, 5.41) is 6.28. The van der Waals surface area contributed by atoms with Gasteiger partial charge in [0.05, 0.1) is 0 Å². The second-order valence-corrected chi connectivity index (χ2v) is 4.70. The molecule has 23 heavy (non-hydrogen) atoms. The maximum absolute atomic E-state index is 12.4. The van der Waals surface area contributed by atoms with Crippen molar-refractivity contribution in [3.63, 3.8) is 0 Å². The van der Waals surface area contributed by atoms with E-state index < -0.39 is 18.0 Å². The van der Waals surface area contributed by atoms with E-state index in [1.165, 1.54) is 6.08 Å². The van der Waals surface area contributed by atoms with E-state index in [4.69, 9.17) is 5.73 Å². The van der Waals surface area contributed by atoms with Crippen LogP contribution in [0.5, 0.6) is 0 Å². The molecule has 0 bridgehead atoms. The molecule has 0 saturated carbocycles. The summed E-state index contributed by atoms with van der Waals surface area (Å²) in [6.07, 6.45) is -3.41. The van der Waals surface area contributed by atoms with Crippen LogP contribution >= 0.6 is 0 Å². The number of alkyl halides is 3. The van der Waals surface area contributed by atoms with Crippen molar-refractivity contribution in [2.24, 2.45) is 5.73 Å². The first-order chi connectivity index (χ1) is 10.8. The minimum absolute atomic E-state index is 0.137. The smallest absolute Gasteiger partial charge is 0.384 e. The minimum Gasteiger partial charge on any atom is -0.384 e. The largest absolute Gasteiger partial charge is 0.471 e. The van der Waals surface area contributed by atoms with Gasteiger partial charge in [-0.2, -0.15) is 18.2 Å². The predicted octanol–water partition coefficient (Wildman–Crippen LogP) is 2.23. The highest BCUT2D eigenvalue weighted by Crippen LogP contribution is 2.29. The number of nitrogens with one attached hydrogen (secondary N) is 1. The number of halogens is 3. The number of hydrogen-bond acceptors (Lipinski definition) is 5. The fraction of sp³-hybridized carbons (Fsp3) is 0.214. The first kappa shape index (κ1) is 16.5. The average Bonchev–Trinajstić information content (AvgIpc) is 2.95. The molecule has 122 valence electrons. The van der Waals surface area contributed by atoms with Gasteiger partial charge in [-0.3, -0.25) is 4.79 Å². The lowest BCUT2D eigenvalue weighted by atomic mass is 10.1. The Morgan fingerprint density at radius 1 is 1.35 bits per heavy atom. The van der Waals surface area contributed by atoms with Gasteiger partial charge in [0.2, 0.25) is 11.7 Å². The molecule has 0 aliphatic rings. The molecule has 0 atom stereocenters. The van der Waals surface area contributed by atoms with E-state index in [0.717, 1.165) is 5.56 Å². The summed E-state index contributed by atoms with van der Waals surface area (Å²) in [4.78, 5) is 14.0. The molecule has 0 spiro atoms. The quantitative estimate of drug-likeness (QED) is 0.822. The van der Waals surface area contributed by atoms with Crippen molar-refractivity contribution in [3.8, 4) is 11.4 Å². The Morgan fingerprint density at radius 3 is 2.52 bits per heavy atom. The number of aromatic nitrogens is 2. The topological polar surface area (TPSA) is 94.0 Å². The van der Waals surface area contributed by atoms with E-state index in [1.54, 1.807) is 31.2 Å². The molecular weight excluding hydrogens is 313 g/mol. The van der Waals surface area contributed by atoms with Crippen LogP contribution in [0.2, 0.25) is 0 Å². The zero-order valence-corrected chi connectivity index (χ0v) is 12.0. The van der Waals surface area contributed by atoms with E-state index in [0.29, 0.717) is 17.8 Å². The molecule has 1 aromatic heterocycles. The second-order valence-electron chi connectivity index (χ2n) is 4.70. The Bertz CT molecular complexity index is 720. The SMILES string of the molecule is C/C(=C/C(N)=O)NCc1ccc(-c2noc(C(F)(F)F)n2)cc1. The molecule has 6 nitrogen and oxygen atoms in total. The first-order valence-electron chi connectivity index (χ1n) is 6.47. The highest BCUT2D eigenvalue weighted by Gasteiger charge is 2.38. The van der Waals surface area contributed by atoms with E-state index in [9.17, 15) is 18.0 Å². The lowest BCUT2D eigenvalue weighted by Crippen LogP contribution is -2.15. The molecule has 0 aliphatic heterocycles. The Balaban J connectivity index is 2.05. The molecule has 1 amide bonds. The Hall–Kier alpha value is -2.84. The second kappa shape index (κ2) is 6.51. The molecule has 0 unspecified atom stereocenters. The molecule has 2 aromatic rings. The van der Waals surface area contributed by atoms with Gasteiger partial charge < -0.3 is 15.6 Å². The molecule has 1 aromatic carbocycles. The molecule has 0 fully saturated rings. The van der Waals surface area contributed by atoms with E-state index in [1.807, 2.05) is 0 Å². The van der Waals surface area contributed by atoms with Crippen molar-refractivity contribution < 1.29 is 22.5 Å². The van der Waals surface area contributed by atoms with Gasteiger partial charge in [0, 0.05) is 23.9 Å². The van der Waals surface area contributed by atoms with Crippen LogP contribution in [0.1, 0.15) is 18.4 Å². The number of nitrogens with zero attached hydrogens (tertiary/aromatic N) is 2. The van der Waals surface area contributed by atoms with Crippen LogP contribution in [0, 0.1) is 0 Å². The van der Waals surface area contributed by atoms with Crippen molar-refractivity contribution >= 4 is 5.91 Å². The van der Waals surface area contributed by atoms with Gasteiger partial charge in [-0.15, -0.1) is 0 Å². The van der Waals surface area contributed by atoms with Gasteiger partial charge in [-0.25, -0.2) is 0 Å². The molecule has 3 N–H and O–H groups in total. The molecule has 0 radical (unpaired) electrons. The lowest BCUT2D eigenvalue weighted by Gasteiger charge is -2.06. The lowest BCUT2D eigenvalue weighted by molar-refractivity contribution is -0.159. The van der Waals surface area contributed by atoms with Crippen LogP contribution in [0.3, 0.4) is 0 Å². The zero-order chi connectivity index (χ0) is 17.0. The molecular formula is C14H13F3N4O2. The zero-order valence-electron chi connectivity index (χ0n) is 12.0. The average molecular weight is 326 g/mol. The van der Waals surface area contributed by atoms with Gasteiger partial charge >= 0.3 is 12.1 Å². The van der Waals surface area contributed by atoms with Gasteiger partial charge in [0.15, 0.2) is 0 Å². The summed E-state index contributed by atoms with van der Waals surface area (Å²) in [6.45, 7) is 2.12. The van der Waals surface area contributed by atoms with Gasteiger partial charge in [-0.05, 0) is 12.5 Å². The predicted molar refractivity (Wildman–Crippen MR) is 74.5 cm³/mol. The number of rotatable bonds is 5. The summed E-state index contributed by atoms with van der Waals surface area (Å²) in [5.41, 5.74) is 6.88. The fourth-order valence-electron chi connectivity index (χ4n) is 1.73. The third-order valence-corrected chi connectivity index (χ3v) is 2.81. The van der Waals surface area contributed by atoms with E-state index >= 15 is 0 Å². The summed E-state index contributed by atoms with van der Waals surface area (Å²) in [6, 6.07) is 6.55. The monoisotopic (exact) mass is 326 g/mol. The summed E-state index contributed by atoms with van der Waals surface area (Å²) in [7, 11) is 0. The van der Waals surface area contributed by atoms with Crippen molar-refractivity contribution in [2.75, 3.05) is 0 Å². The number of carbonyl (C=O) groups is 1. The summed E-state index contributed by atoms with van der Waals surface area (Å²) < 4.78 is 41.4. The third-order valence-electron chi connectivity index (χ3n) is 2.81. The summed E-state index contributed by atoms with van der Waals surface area (Å²) in [5.74, 6) is -2.07. The van der Waals surface area contributed by atoms with Gasteiger partial charge in [-0.1, -0.05) is 29.4 Å². The van der Waals surface area contributed by atoms with Crippen LogP contribution in [-0.4, -0.2) is 16.0 Å². The highest BCUT2D eigenvalue weighted by molar-refractivity contribution is 5.86. The molecule has 1 heterocycles. The van der Waals surface area contributed by atoms with Gasteiger partial charge in [0.1, 0.15) is 0 Å². The highest BCUT2D eigenvalue weighted by atomic mass is 19.4. The standard InChI is InChI=1S/C14H13F3N4O2/c1-8(6-11(18)22)19-7-9-2-4-10(5-3-9)12-20-13(23-21-12)14(15,16)17/h2-6,19H,7H2,1H3,(H2,18,22)/b8-6-. The Kier molecular flexibility index (Phi) is 4.68. The summed E-state index contributed by atoms with van der Waals surface area (Å²) >= 11 is 0. The number of allylic oxidation sites excluding steroid dienone is 1. The van der Waals surface area contributed by atoms with Crippen LogP contribution < -0.4 is 11.1 Å².